The fourth-order valence-corrected chi connectivity index (χ4v) is 10.5. The molecule has 0 spiro atoms. The average molecular weight is 1150 g/mol. The van der Waals surface area contributed by atoms with Crippen molar-refractivity contribution in [2.45, 2.75) is 328 Å². The Morgan fingerprint density at radius 2 is 0.679 bits per heavy atom. The van der Waals surface area contributed by atoms with Crippen LogP contribution in [0.3, 0.4) is 0 Å². The summed E-state index contributed by atoms with van der Waals surface area (Å²) in [7, 11) is -4.39. The summed E-state index contributed by atoms with van der Waals surface area (Å²) in [5.74, 6) is -0.817. The molecule has 0 aromatic heterocycles. The van der Waals surface area contributed by atoms with Crippen LogP contribution in [0.1, 0.15) is 322 Å². The number of nitrogens with two attached hydrogens (primary N) is 1. The van der Waals surface area contributed by atoms with Crippen molar-refractivity contribution in [1.29, 1.82) is 0 Å². The maximum Gasteiger partial charge on any atom is 0.472 e. The summed E-state index contributed by atoms with van der Waals surface area (Å²) in [6.07, 6.45) is 88.2. The zero-order chi connectivity index (χ0) is 58.7. The van der Waals surface area contributed by atoms with Gasteiger partial charge in [0.1, 0.15) is 6.61 Å². The summed E-state index contributed by atoms with van der Waals surface area (Å²) in [6, 6.07) is 0. The summed E-state index contributed by atoms with van der Waals surface area (Å²) in [5.41, 5.74) is 5.39. The Labute approximate surface area is 500 Å². The lowest BCUT2D eigenvalue weighted by molar-refractivity contribution is -0.161. The zero-order valence-electron chi connectivity index (χ0n) is 52.8. The van der Waals surface area contributed by atoms with Crippen LogP contribution in [0.2, 0.25) is 0 Å². The highest BCUT2D eigenvalue weighted by atomic mass is 31.2. The highest BCUT2D eigenvalue weighted by molar-refractivity contribution is 7.47. The molecule has 0 saturated heterocycles. The highest BCUT2D eigenvalue weighted by Crippen LogP contribution is 2.43. The van der Waals surface area contributed by atoms with E-state index >= 15 is 0 Å². The van der Waals surface area contributed by atoms with Gasteiger partial charge in [-0.2, -0.15) is 0 Å². The van der Waals surface area contributed by atoms with Crippen LogP contribution in [0, 0.1) is 0 Å². The van der Waals surface area contributed by atoms with Gasteiger partial charge in [-0.25, -0.2) is 4.57 Å². The van der Waals surface area contributed by atoms with Crippen molar-refractivity contribution in [3.8, 4) is 0 Å². The second kappa shape index (κ2) is 66.3. The Hall–Kier alpha value is -2.81. The van der Waals surface area contributed by atoms with Crippen LogP contribution in [0.5, 0.6) is 0 Å². The van der Waals surface area contributed by atoms with Gasteiger partial charge in [0.2, 0.25) is 0 Å². The Balaban J connectivity index is 3.80. The number of rotatable bonds is 64. The van der Waals surface area contributed by atoms with E-state index in [0.29, 0.717) is 6.42 Å². The molecule has 3 N–H and O–H groups in total. The second-order valence-electron chi connectivity index (χ2n) is 22.7. The van der Waals surface area contributed by atoms with E-state index in [9.17, 15) is 19.0 Å². The van der Waals surface area contributed by atoms with Crippen molar-refractivity contribution in [2.75, 3.05) is 26.4 Å². The van der Waals surface area contributed by atoms with Crippen molar-refractivity contribution in [1.82, 2.24) is 0 Å². The minimum atomic E-state index is -4.39. The van der Waals surface area contributed by atoms with E-state index in [-0.39, 0.29) is 38.6 Å². The molecule has 0 amide bonds. The van der Waals surface area contributed by atoms with Crippen molar-refractivity contribution in [2.24, 2.45) is 5.73 Å². The maximum absolute atomic E-state index is 12.7. The zero-order valence-corrected chi connectivity index (χ0v) is 53.7. The number of carbonyl (C=O) groups is 2. The predicted molar refractivity (Wildman–Crippen MR) is 349 cm³/mol. The van der Waals surface area contributed by atoms with Gasteiger partial charge >= 0.3 is 19.8 Å². The van der Waals surface area contributed by atoms with Gasteiger partial charge in [0.15, 0.2) is 6.10 Å². The van der Waals surface area contributed by atoms with Crippen LogP contribution >= 0.6 is 7.82 Å². The van der Waals surface area contributed by atoms with E-state index in [4.69, 9.17) is 24.3 Å². The van der Waals surface area contributed by atoms with Gasteiger partial charge in [-0.3, -0.25) is 18.6 Å². The third-order valence-corrected chi connectivity index (χ3v) is 15.7. The number of phosphoric ester groups is 1. The van der Waals surface area contributed by atoms with Crippen LogP contribution in [0.25, 0.3) is 0 Å². The minimum absolute atomic E-state index is 0.0532. The average Bonchev–Trinajstić information content (AvgIpc) is 3.46. The molecular formula is C71H128NO8P. The van der Waals surface area contributed by atoms with Crippen LogP contribution in [-0.2, 0) is 32.7 Å². The van der Waals surface area contributed by atoms with Gasteiger partial charge in [-0.1, -0.05) is 304 Å². The van der Waals surface area contributed by atoms with Crippen molar-refractivity contribution in [3.05, 3.63) is 85.1 Å². The molecule has 0 heterocycles. The van der Waals surface area contributed by atoms with E-state index < -0.39 is 26.5 Å². The first-order valence-electron chi connectivity index (χ1n) is 34.1. The molecule has 0 aliphatic carbocycles. The summed E-state index contributed by atoms with van der Waals surface area (Å²) < 4.78 is 33.1. The first-order valence-corrected chi connectivity index (χ1v) is 35.6. The maximum atomic E-state index is 12.7. The van der Waals surface area contributed by atoms with Crippen LogP contribution in [-0.4, -0.2) is 49.3 Å². The molecule has 2 atom stereocenters. The standard InChI is InChI=1S/C71H128NO8P/c1-3-5-7-9-11-13-15-17-19-21-23-24-25-26-27-28-29-30-31-32-33-34-35-36-37-38-39-40-41-42-43-44-46-48-50-52-54-56-58-60-62-64-71(74)80-69(68-79-81(75,76)78-66-65-72)67-77-70(73)63-61-59-57-55-53-51-49-47-45-22-20-18-16-14-12-10-8-6-4-2/h5,7,11,13,17-20,23-24,26-27,29-30,69H,3-4,6,8-10,12,14-16,21-22,25,28,31-68,72H2,1-2H3,(H,75,76)/b7-5-,13-11-,19-17-,20-18-,24-23-,27-26-,30-29-. The lowest BCUT2D eigenvalue weighted by Gasteiger charge is -2.19. The fourth-order valence-electron chi connectivity index (χ4n) is 9.76. The summed E-state index contributed by atoms with van der Waals surface area (Å²) in [4.78, 5) is 35.3. The number of phosphoric acid groups is 1. The number of hydrogen-bond acceptors (Lipinski definition) is 8. The van der Waals surface area contributed by atoms with Gasteiger partial charge in [0, 0.05) is 19.4 Å². The smallest absolute Gasteiger partial charge is 0.462 e. The Morgan fingerprint density at radius 3 is 1.02 bits per heavy atom. The summed E-state index contributed by atoms with van der Waals surface area (Å²) in [6.45, 7) is 3.66. The quantitative estimate of drug-likeness (QED) is 0.0264. The topological polar surface area (TPSA) is 134 Å². The third-order valence-electron chi connectivity index (χ3n) is 14.8. The molecule has 0 radical (unpaired) electrons. The van der Waals surface area contributed by atoms with E-state index in [1.165, 1.54) is 218 Å². The minimum Gasteiger partial charge on any atom is -0.462 e. The molecule has 0 rings (SSSR count). The first kappa shape index (κ1) is 78.2. The van der Waals surface area contributed by atoms with Gasteiger partial charge in [0.25, 0.3) is 0 Å². The molecule has 9 nitrogen and oxygen atoms in total. The highest BCUT2D eigenvalue weighted by Gasteiger charge is 2.26. The van der Waals surface area contributed by atoms with Crippen LogP contribution in [0.15, 0.2) is 85.1 Å². The third kappa shape index (κ3) is 66.2. The number of allylic oxidation sites excluding steroid dienone is 14. The summed E-state index contributed by atoms with van der Waals surface area (Å²) in [5, 5.41) is 0. The van der Waals surface area contributed by atoms with E-state index in [0.717, 1.165) is 70.6 Å². The molecule has 0 aliphatic rings. The van der Waals surface area contributed by atoms with Gasteiger partial charge in [0.05, 0.1) is 13.2 Å². The molecule has 0 bridgehead atoms. The predicted octanol–water partition coefficient (Wildman–Crippen LogP) is 22.2. The van der Waals surface area contributed by atoms with Gasteiger partial charge in [-0.05, 0) is 89.9 Å². The Morgan fingerprint density at radius 1 is 0.383 bits per heavy atom. The molecule has 0 aliphatic heterocycles. The second-order valence-corrected chi connectivity index (χ2v) is 24.1. The number of ether oxygens (including phenoxy) is 2. The molecule has 10 heteroatoms. The SMILES string of the molecule is CC/C=C\C/C=C\C/C=C\C/C=C\C/C=C\C/C=C\CCCCCCCCCCCCCCCCCCCCCCCCC(=O)OC(COC(=O)CCCCCCCCCCC/C=C\CCCCCCCC)COP(=O)(O)OCCN. The molecule has 0 aromatic carbocycles. The number of unbranched alkanes of at least 4 members (excludes halogenated alkanes) is 37. The molecule has 470 valence electrons. The number of esters is 2. The largest absolute Gasteiger partial charge is 0.472 e. The van der Waals surface area contributed by atoms with Crippen LogP contribution < -0.4 is 5.73 Å². The van der Waals surface area contributed by atoms with Crippen molar-refractivity contribution in [3.63, 3.8) is 0 Å². The number of hydrogen-bond donors (Lipinski definition) is 2. The molecule has 0 aromatic rings. The van der Waals surface area contributed by atoms with E-state index in [2.05, 4.69) is 98.9 Å². The monoisotopic (exact) mass is 1150 g/mol. The first-order chi connectivity index (χ1) is 39.8. The number of carbonyl (C=O) groups excluding carboxylic acids is 2. The fraction of sp³-hybridized carbons (Fsp3) is 0.775. The van der Waals surface area contributed by atoms with E-state index in [1.807, 2.05) is 0 Å². The Kier molecular flexibility index (Phi) is 64.0. The normalized spacial score (nSPS) is 13.5. The lowest BCUT2D eigenvalue weighted by Crippen LogP contribution is -2.29. The molecule has 81 heavy (non-hydrogen) atoms. The molecule has 0 fully saturated rings. The summed E-state index contributed by atoms with van der Waals surface area (Å²) >= 11 is 0. The molecular weight excluding hydrogens is 1030 g/mol. The molecule has 0 saturated carbocycles. The van der Waals surface area contributed by atoms with Gasteiger partial charge in [-0.15, -0.1) is 0 Å². The van der Waals surface area contributed by atoms with Crippen molar-refractivity contribution >= 4 is 19.8 Å². The van der Waals surface area contributed by atoms with Gasteiger partial charge < -0.3 is 20.1 Å². The Bertz CT molecular complexity index is 1600. The van der Waals surface area contributed by atoms with Crippen molar-refractivity contribution < 1.29 is 37.6 Å². The lowest BCUT2D eigenvalue weighted by atomic mass is 10.0. The molecule has 2 unspecified atom stereocenters. The van der Waals surface area contributed by atoms with Crippen LogP contribution in [0.4, 0.5) is 0 Å². The van der Waals surface area contributed by atoms with E-state index in [1.54, 1.807) is 0 Å².